The smallest absolute Gasteiger partial charge is 0.222 e. The molecule has 0 bridgehead atoms. The molecule has 0 radical (unpaired) electrons. The summed E-state index contributed by atoms with van der Waals surface area (Å²) in [6.07, 6.45) is 7.76. The minimum atomic E-state index is -0.191. The molecular formula is C18H30N4O2. The Morgan fingerprint density at radius 2 is 2.00 bits per heavy atom. The van der Waals surface area contributed by atoms with Gasteiger partial charge in [0, 0.05) is 49.5 Å². The van der Waals surface area contributed by atoms with Gasteiger partial charge < -0.3 is 15.2 Å². The summed E-state index contributed by atoms with van der Waals surface area (Å²) in [4.78, 5) is 11.2. The van der Waals surface area contributed by atoms with Gasteiger partial charge in [-0.15, -0.1) is 0 Å². The van der Waals surface area contributed by atoms with Gasteiger partial charge in [-0.2, -0.15) is 0 Å². The number of nitrogens with zero attached hydrogens (tertiary/aromatic N) is 3. The Labute approximate surface area is 144 Å². The average Bonchev–Trinajstić information content (AvgIpc) is 2.62. The number of rotatable bonds is 7. The first kappa shape index (κ1) is 17.6. The van der Waals surface area contributed by atoms with Crippen LogP contribution in [0.3, 0.4) is 0 Å². The van der Waals surface area contributed by atoms with Gasteiger partial charge in [-0.1, -0.05) is 6.92 Å². The molecule has 3 rings (SSSR count). The SMILES string of the molecule is CCCNc1ncc(CN2CCC3(CC2)[C@H](O)C[C@@H]3OCC)cn1. The molecule has 1 aliphatic heterocycles. The van der Waals surface area contributed by atoms with E-state index in [0.29, 0.717) is 5.95 Å². The van der Waals surface area contributed by atoms with Gasteiger partial charge in [-0.25, -0.2) is 9.97 Å². The molecule has 2 atom stereocenters. The van der Waals surface area contributed by atoms with Crippen molar-refractivity contribution < 1.29 is 9.84 Å². The predicted molar refractivity (Wildman–Crippen MR) is 93.8 cm³/mol. The lowest BCUT2D eigenvalue weighted by Gasteiger charge is -2.56. The van der Waals surface area contributed by atoms with Crippen LogP contribution in [-0.2, 0) is 11.3 Å². The molecule has 1 saturated carbocycles. The maximum atomic E-state index is 10.3. The Balaban J connectivity index is 1.50. The monoisotopic (exact) mass is 334 g/mol. The normalized spacial score (nSPS) is 26.3. The molecule has 134 valence electrons. The molecule has 2 heterocycles. The topological polar surface area (TPSA) is 70.5 Å². The summed E-state index contributed by atoms with van der Waals surface area (Å²) in [6.45, 7) is 8.66. The van der Waals surface area contributed by atoms with E-state index in [1.807, 2.05) is 19.3 Å². The van der Waals surface area contributed by atoms with Crippen molar-refractivity contribution in [3.63, 3.8) is 0 Å². The number of ether oxygens (including phenoxy) is 1. The highest BCUT2D eigenvalue weighted by Gasteiger charge is 2.55. The number of aliphatic hydroxyl groups is 1. The Bertz CT molecular complexity index is 512. The zero-order valence-corrected chi connectivity index (χ0v) is 14.9. The summed E-state index contributed by atoms with van der Waals surface area (Å²) in [5, 5.41) is 13.5. The van der Waals surface area contributed by atoms with Gasteiger partial charge in [0.1, 0.15) is 0 Å². The zero-order valence-electron chi connectivity index (χ0n) is 14.9. The number of aliphatic hydroxyl groups excluding tert-OH is 1. The van der Waals surface area contributed by atoms with E-state index < -0.39 is 0 Å². The van der Waals surface area contributed by atoms with E-state index in [1.165, 1.54) is 0 Å². The van der Waals surface area contributed by atoms with Gasteiger partial charge in [0.2, 0.25) is 5.95 Å². The fourth-order valence-electron chi connectivity index (χ4n) is 3.97. The van der Waals surface area contributed by atoms with Crippen molar-refractivity contribution in [1.29, 1.82) is 0 Å². The molecule has 0 unspecified atom stereocenters. The van der Waals surface area contributed by atoms with E-state index >= 15 is 0 Å². The van der Waals surface area contributed by atoms with Crippen LogP contribution in [0.25, 0.3) is 0 Å². The molecule has 1 saturated heterocycles. The summed E-state index contributed by atoms with van der Waals surface area (Å²) in [6, 6.07) is 0. The van der Waals surface area contributed by atoms with Gasteiger partial charge in [-0.05, 0) is 39.3 Å². The minimum absolute atomic E-state index is 0.00304. The van der Waals surface area contributed by atoms with E-state index in [9.17, 15) is 5.11 Å². The third-order valence-corrected chi connectivity index (χ3v) is 5.54. The summed E-state index contributed by atoms with van der Waals surface area (Å²) in [7, 11) is 0. The Kier molecular flexibility index (Phi) is 5.69. The third kappa shape index (κ3) is 3.55. The second-order valence-corrected chi connectivity index (χ2v) is 7.05. The van der Waals surface area contributed by atoms with Crippen molar-refractivity contribution in [1.82, 2.24) is 14.9 Å². The molecular weight excluding hydrogens is 304 g/mol. The predicted octanol–water partition coefficient (Wildman–Crippen LogP) is 2.05. The van der Waals surface area contributed by atoms with Crippen molar-refractivity contribution in [3.05, 3.63) is 18.0 Å². The van der Waals surface area contributed by atoms with Crippen molar-refractivity contribution in [2.24, 2.45) is 5.41 Å². The van der Waals surface area contributed by atoms with E-state index in [2.05, 4.69) is 27.1 Å². The number of nitrogens with one attached hydrogen (secondary N) is 1. The van der Waals surface area contributed by atoms with E-state index in [1.54, 1.807) is 0 Å². The summed E-state index contributed by atoms with van der Waals surface area (Å²) in [5.41, 5.74) is 1.14. The van der Waals surface area contributed by atoms with E-state index in [-0.39, 0.29) is 17.6 Å². The molecule has 1 aromatic rings. The second-order valence-electron chi connectivity index (χ2n) is 7.05. The van der Waals surface area contributed by atoms with Crippen LogP contribution in [0, 0.1) is 5.41 Å². The standard InChI is InChI=1S/C18H30N4O2/c1-3-7-19-17-20-11-14(12-21-17)13-22-8-5-18(6-9-22)15(23)10-16(18)24-4-2/h11-12,15-16,23H,3-10,13H2,1-2H3,(H,19,20,21)/t15-,16+/m1/s1. The minimum Gasteiger partial charge on any atom is -0.392 e. The largest absolute Gasteiger partial charge is 0.392 e. The molecule has 6 nitrogen and oxygen atoms in total. The van der Waals surface area contributed by atoms with E-state index in [4.69, 9.17) is 4.74 Å². The molecule has 0 aromatic carbocycles. The van der Waals surface area contributed by atoms with Gasteiger partial charge in [0.15, 0.2) is 0 Å². The van der Waals surface area contributed by atoms with Gasteiger partial charge in [0.25, 0.3) is 0 Å². The Morgan fingerprint density at radius 3 is 2.58 bits per heavy atom. The molecule has 2 aliphatic rings. The fourth-order valence-corrected chi connectivity index (χ4v) is 3.97. The third-order valence-electron chi connectivity index (χ3n) is 5.54. The highest BCUT2D eigenvalue weighted by Crippen LogP contribution is 2.51. The first-order valence-electron chi connectivity index (χ1n) is 9.24. The van der Waals surface area contributed by atoms with Gasteiger partial charge >= 0.3 is 0 Å². The fraction of sp³-hybridized carbons (Fsp3) is 0.778. The quantitative estimate of drug-likeness (QED) is 0.795. The van der Waals surface area contributed by atoms with Crippen LogP contribution in [0.5, 0.6) is 0 Å². The number of hydrogen-bond acceptors (Lipinski definition) is 6. The molecule has 2 N–H and O–H groups in total. The lowest BCUT2D eigenvalue weighted by Crippen LogP contribution is -2.62. The molecule has 6 heteroatoms. The number of piperidine rings is 1. The maximum absolute atomic E-state index is 10.3. The number of hydrogen-bond donors (Lipinski definition) is 2. The maximum Gasteiger partial charge on any atom is 0.222 e. The van der Waals surface area contributed by atoms with Crippen LogP contribution < -0.4 is 5.32 Å². The molecule has 2 fully saturated rings. The molecule has 1 aromatic heterocycles. The first-order chi connectivity index (χ1) is 11.7. The van der Waals surface area contributed by atoms with Crippen molar-refractivity contribution in [3.8, 4) is 0 Å². The Hall–Kier alpha value is -1.24. The highest BCUT2D eigenvalue weighted by atomic mass is 16.5. The van der Waals surface area contributed by atoms with Crippen LogP contribution >= 0.6 is 0 Å². The number of anilines is 1. The van der Waals surface area contributed by atoms with Crippen molar-refractivity contribution >= 4 is 5.95 Å². The van der Waals surface area contributed by atoms with Gasteiger partial charge in [0.05, 0.1) is 12.2 Å². The average molecular weight is 334 g/mol. The number of aromatic nitrogens is 2. The first-order valence-corrected chi connectivity index (χ1v) is 9.24. The lowest BCUT2D eigenvalue weighted by atomic mass is 9.58. The highest BCUT2D eigenvalue weighted by molar-refractivity contribution is 5.24. The number of likely N-dealkylation sites (tertiary alicyclic amines) is 1. The van der Waals surface area contributed by atoms with Crippen LogP contribution in [0.15, 0.2) is 12.4 Å². The second kappa shape index (κ2) is 7.76. The van der Waals surface area contributed by atoms with Crippen LogP contribution in [0.1, 0.15) is 45.1 Å². The van der Waals surface area contributed by atoms with E-state index in [0.717, 1.165) is 64.0 Å². The summed E-state index contributed by atoms with van der Waals surface area (Å²) in [5.74, 6) is 0.704. The van der Waals surface area contributed by atoms with Crippen molar-refractivity contribution in [2.45, 2.75) is 58.3 Å². The van der Waals surface area contributed by atoms with Crippen molar-refractivity contribution in [2.75, 3.05) is 31.6 Å². The molecule has 1 aliphatic carbocycles. The van der Waals surface area contributed by atoms with Gasteiger partial charge in [-0.3, -0.25) is 4.90 Å². The summed E-state index contributed by atoms with van der Waals surface area (Å²) < 4.78 is 5.83. The molecule has 24 heavy (non-hydrogen) atoms. The Morgan fingerprint density at radius 1 is 1.29 bits per heavy atom. The zero-order chi connectivity index (χ0) is 17.0. The summed E-state index contributed by atoms with van der Waals surface area (Å²) >= 11 is 0. The molecule has 1 spiro atoms. The van der Waals surface area contributed by atoms with Crippen LogP contribution in [0.4, 0.5) is 5.95 Å². The molecule has 0 amide bonds. The van der Waals surface area contributed by atoms with Crippen LogP contribution in [-0.4, -0.2) is 58.4 Å². The van der Waals surface area contributed by atoms with Crippen LogP contribution in [0.2, 0.25) is 0 Å². The lowest BCUT2D eigenvalue weighted by molar-refractivity contribution is -0.209.